The average Bonchev–Trinajstić information content (AvgIpc) is 2.04. The summed E-state index contributed by atoms with van der Waals surface area (Å²) < 4.78 is 0. The first-order valence-electron chi connectivity index (χ1n) is 4.68. The van der Waals surface area contributed by atoms with E-state index in [0.29, 0.717) is 11.7 Å². The zero-order valence-corrected chi connectivity index (χ0v) is 7.39. The van der Waals surface area contributed by atoms with Crippen molar-refractivity contribution in [2.45, 2.75) is 39.5 Å². The minimum absolute atomic E-state index is 0.0328. The minimum Gasteiger partial charge on any atom is -0.299 e. The molecule has 62 valence electrons. The highest BCUT2D eigenvalue weighted by Gasteiger charge is 2.55. The van der Waals surface area contributed by atoms with E-state index < -0.39 is 0 Å². The van der Waals surface area contributed by atoms with Crippen LogP contribution < -0.4 is 0 Å². The van der Waals surface area contributed by atoms with Gasteiger partial charge in [0, 0.05) is 11.3 Å². The molecule has 0 spiro atoms. The van der Waals surface area contributed by atoms with E-state index in [9.17, 15) is 4.79 Å². The van der Waals surface area contributed by atoms with Crippen LogP contribution in [0.25, 0.3) is 0 Å². The Hall–Kier alpha value is -0.330. The van der Waals surface area contributed by atoms with Gasteiger partial charge in [-0.2, -0.15) is 0 Å². The number of Topliss-reactive ketones (excluding diaryl/α,β-unsaturated/α-hetero) is 1. The first-order chi connectivity index (χ1) is 5.14. The Morgan fingerprint density at radius 1 is 1.27 bits per heavy atom. The Morgan fingerprint density at radius 3 is 2.55 bits per heavy atom. The van der Waals surface area contributed by atoms with Gasteiger partial charge in [0.2, 0.25) is 0 Å². The summed E-state index contributed by atoms with van der Waals surface area (Å²) in [6.45, 7) is 4.23. The maximum absolute atomic E-state index is 11.5. The second-order valence-corrected chi connectivity index (χ2v) is 4.58. The number of hydrogen-bond acceptors (Lipinski definition) is 1. The summed E-state index contributed by atoms with van der Waals surface area (Å²) in [6, 6.07) is 0. The quantitative estimate of drug-likeness (QED) is 0.521. The summed E-state index contributed by atoms with van der Waals surface area (Å²) in [5.74, 6) is 1.71. The molecular formula is C10H16O. The Bertz CT molecular complexity index is 193. The fourth-order valence-electron chi connectivity index (χ4n) is 2.87. The van der Waals surface area contributed by atoms with Crippen LogP contribution in [-0.4, -0.2) is 5.78 Å². The molecule has 2 saturated carbocycles. The van der Waals surface area contributed by atoms with Crippen LogP contribution in [0.3, 0.4) is 0 Å². The maximum atomic E-state index is 11.5. The van der Waals surface area contributed by atoms with Gasteiger partial charge >= 0.3 is 0 Å². The van der Waals surface area contributed by atoms with Crippen molar-refractivity contribution in [1.29, 1.82) is 0 Å². The van der Waals surface area contributed by atoms with Crippen LogP contribution in [0.2, 0.25) is 0 Å². The van der Waals surface area contributed by atoms with E-state index in [4.69, 9.17) is 0 Å². The molecule has 0 amide bonds. The lowest BCUT2D eigenvalue weighted by Crippen LogP contribution is -2.55. The van der Waals surface area contributed by atoms with Crippen molar-refractivity contribution in [3.8, 4) is 0 Å². The summed E-state index contributed by atoms with van der Waals surface area (Å²) >= 11 is 0. The lowest BCUT2D eigenvalue weighted by atomic mass is 9.50. The van der Waals surface area contributed by atoms with Crippen molar-refractivity contribution in [2.75, 3.05) is 0 Å². The fraction of sp³-hybridized carbons (Fsp3) is 0.900. The number of carbonyl (C=O) groups excluding carboxylic acids is 1. The molecule has 2 fully saturated rings. The van der Waals surface area contributed by atoms with Gasteiger partial charge in [-0.15, -0.1) is 0 Å². The van der Waals surface area contributed by atoms with Crippen LogP contribution in [0, 0.1) is 17.3 Å². The van der Waals surface area contributed by atoms with Gasteiger partial charge in [0.1, 0.15) is 5.78 Å². The predicted octanol–water partition coefficient (Wildman–Crippen LogP) is 2.40. The van der Waals surface area contributed by atoms with E-state index in [0.717, 1.165) is 5.92 Å². The minimum atomic E-state index is 0.0328. The highest BCUT2D eigenvalue weighted by atomic mass is 16.1. The molecule has 0 aromatic carbocycles. The molecule has 0 aromatic heterocycles. The van der Waals surface area contributed by atoms with Gasteiger partial charge in [0.15, 0.2) is 0 Å². The van der Waals surface area contributed by atoms with Gasteiger partial charge in [-0.25, -0.2) is 0 Å². The van der Waals surface area contributed by atoms with Crippen molar-refractivity contribution >= 4 is 5.78 Å². The van der Waals surface area contributed by atoms with Crippen molar-refractivity contribution < 1.29 is 4.79 Å². The van der Waals surface area contributed by atoms with E-state index >= 15 is 0 Å². The van der Waals surface area contributed by atoms with Gasteiger partial charge in [0.05, 0.1) is 0 Å². The topological polar surface area (TPSA) is 17.1 Å². The Kier molecular flexibility index (Phi) is 1.39. The Morgan fingerprint density at radius 2 is 1.91 bits per heavy atom. The molecule has 0 bridgehead atoms. The number of carbonyl (C=O) groups is 1. The van der Waals surface area contributed by atoms with E-state index in [1.807, 2.05) is 0 Å². The van der Waals surface area contributed by atoms with Gasteiger partial charge in [0.25, 0.3) is 0 Å². The predicted molar refractivity (Wildman–Crippen MR) is 44.2 cm³/mol. The fourth-order valence-corrected chi connectivity index (χ4v) is 2.87. The van der Waals surface area contributed by atoms with E-state index in [1.165, 1.54) is 25.7 Å². The normalized spacial score (nSPS) is 41.1. The number of ketones is 1. The third-order valence-electron chi connectivity index (χ3n) is 3.66. The largest absolute Gasteiger partial charge is 0.299 e. The molecule has 0 radical (unpaired) electrons. The summed E-state index contributed by atoms with van der Waals surface area (Å²) in [4.78, 5) is 11.5. The molecule has 2 rings (SSSR count). The number of hydrogen-bond donors (Lipinski definition) is 0. The SMILES string of the molecule is CC1(C)C(=O)[C@H]2CCCC[C@@H]21. The number of rotatable bonds is 0. The summed E-state index contributed by atoms with van der Waals surface area (Å²) in [5.41, 5.74) is 0.0328. The van der Waals surface area contributed by atoms with E-state index in [2.05, 4.69) is 13.8 Å². The average molecular weight is 152 g/mol. The smallest absolute Gasteiger partial charge is 0.142 e. The molecule has 0 aromatic rings. The Labute approximate surface area is 68.2 Å². The number of fused-ring (bicyclic) bond motifs is 1. The van der Waals surface area contributed by atoms with E-state index in [1.54, 1.807) is 0 Å². The van der Waals surface area contributed by atoms with Crippen molar-refractivity contribution in [3.63, 3.8) is 0 Å². The van der Waals surface area contributed by atoms with E-state index in [-0.39, 0.29) is 5.41 Å². The molecule has 1 heteroatoms. The second-order valence-electron chi connectivity index (χ2n) is 4.58. The van der Waals surface area contributed by atoms with Gasteiger partial charge in [-0.3, -0.25) is 4.79 Å². The summed E-state index contributed by atoms with van der Waals surface area (Å²) in [6.07, 6.45) is 5.09. The van der Waals surface area contributed by atoms with Crippen molar-refractivity contribution in [2.24, 2.45) is 17.3 Å². The summed E-state index contributed by atoms with van der Waals surface area (Å²) in [5, 5.41) is 0. The van der Waals surface area contributed by atoms with Crippen LogP contribution >= 0.6 is 0 Å². The first-order valence-corrected chi connectivity index (χ1v) is 4.68. The van der Waals surface area contributed by atoms with Gasteiger partial charge < -0.3 is 0 Å². The molecule has 2 aliphatic carbocycles. The molecule has 11 heavy (non-hydrogen) atoms. The molecule has 0 aliphatic heterocycles. The maximum Gasteiger partial charge on any atom is 0.142 e. The van der Waals surface area contributed by atoms with Crippen molar-refractivity contribution in [1.82, 2.24) is 0 Å². The van der Waals surface area contributed by atoms with Crippen LogP contribution in [0.1, 0.15) is 39.5 Å². The standard InChI is InChI=1S/C10H16O/c1-10(2)8-6-4-3-5-7(8)9(10)11/h7-8H,3-6H2,1-2H3/t7-,8-/m0/s1. The van der Waals surface area contributed by atoms with Crippen LogP contribution in [-0.2, 0) is 4.79 Å². The Balaban J connectivity index is 2.15. The second kappa shape index (κ2) is 2.09. The zero-order valence-electron chi connectivity index (χ0n) is 7.39. The van der Waals surface area contributed by atoms with Crippen LogP contribution in [0.4, 0.5) is 0 Å². The highest BCUT2D eigenvalue weighted by Crippen LogP contribution is 2.53. The molecule has 2 atom stereocenters. The molecule has 1 nitrogen and oxygen atoms in total. The van der Waals surface area contributed by atoms with Crippen LogP contribution in [0.15, 0.2) is 0 Å². The molecular weight excluding hydrogens is 136 g/mol. The molecule has 2 aliphatic rings. The monoisotopic (exact) mass is 152 g/mol. The summed E-state index contributed by atoms with van der Waals surface area (Å²) in [7, 11) is 0. The third kappa shape index (κ3) is 0.800. The third-order valence-corrected chi connectivity index (χ3v) is 3.66. The molecule has 0 unspecified atom stereocenters. The lowest BCUT2D eigenvalue weighted by Gasteiger charge is -2.52. The lowest BCUT2D eigenvalue weighted by molar-refractivity contribution is -0.157. The molecule has 0 heterocycles. The van der Waals surface area contributed by atoms with Gasteiger partial charge in [-0.1, -0.05) is 26.7 Å². The molecule has 0 N–H and O–H groups in total. The molecule has 0 saturated heterocycles. The first kappa shape index (κ1) is 7.33. The van der Waals surface area contributed by atoms with Crippen molar-refractivity contribution in [3.05, 3.63) is 0 Å². The van der Waals surface area contributed by atoms with Gasteiger partial charge in [-0.05, 0) is 18.8 Å². The highest BCUT2D eigenvalue weighted by molar-refractivity contribution is 5.93. The van der Waals surface area contributed by atoms with Crippen LogP contribution in [0.5, 0.6) is 0 Å². The zero-order chi connectivity index (χ0) is 8.06.